The molecule has 2 saturated carbocycles. The van der Waals surface area contributed by atoms with Crippen LogP contribution in [0, 0.1) is 16.7 Å². The number of hydrogen-bond donors (Lipinski definition) is 3. The number of aryl methyl sites for hydroxylation is 1. The zero-order valence-corrected chi connectivity index (χ0v) is 43.8. The highest BCUT2D eigenvalue weighted by atomic mass is 32.2. The molecule has 3 N–H and O–H groups in total. The molecule has 8 rings (SSSR count). The summed E-state index contributed by atoms with van der Waals surface area (Å²) in [5.41, 5.74) is -7.33. The first kappa shape index (κ1) is 56.6. The van der Waals surface area contributed by atoms with Crippen molar-refractivity contribution in [2.45, 2.75) is 108 Å². The Morgan fingerprint density at radius 2 is 1.38 bits per heavy atom. The molecule has 0 radical (unpaired) electrons. The minimum Gasteiger partial charge on any atom is -0.748 e. The number of aromatic nitrogens is 1. The maximum absolute atomic E-state index is 15.7. The smallest absolute Gasteiger partial charge is 0.350 e. The van der Waals surface area contributed by atoms with Gasteiger partial charge in [0.1, 0.15) is 42.6 Å². The van der Waals surface area contributed by atoms with E-state index < -0.39 is 129 Å². The van der Waals surface area contributed by atoms with Crippen LogP contribution >= 0.6 is 0 Å². The van der Waals surface area contributed by atoms with Gasteiger partial charge in [-0.25, -0.2) is 27.4 Å². The summed E-state index contributed by atoms with van der Waals surface area (Å²) in [4.78, 5) is 100. The number of carbonyl (C=O) groups is 7. The third kappa shape index (κ3) is 11.1. The van der Waals surface area contributed by atoms with Crippen molar-refractivity contribution in [3.05, 3.63) is 149 Å². The van der Waals surface area contributed by atoms with E-state index in [1.165, 1.54) is 38.2 Å². The van der Waals surface area contributed by atoms with Crippen molar-refractivity contribution in [2.24, 2.45) is 23.8 Å². The number of nitrogens with one attached hydrogen (secondary N) is 1. The predicted molar refractivity (Wildman–Crippen MR) is 264 cm³/mol. The lowest BCUT2D eigenvalue weighted by Crippen LogP contribution is -2.82. The molecule has 20 nitrogen and oxygen atoms in total. The van der Waals surface area contributed by atoms with Crippen LogP contribution in [0.4, 0.5) is 0 Å². The molecule has 4 aromatic rings. The summed E-state index contributed by atoms with van der Waals surface area (Å²) in [6, 6.07) is 25.9. The molecule has 4 aliphatic rings. The fourth-order valence-electron chi connectivity index (χ4n) is 11.2. The van der Waals surface area contributed by atoms with E-state index in [0.29, 0.717) is 11.8 Å². The van der Waals surface area contributed by atoms with E-state index in [1.54, 1.807) is 117 Å². The highest BCUT2D eigenvalue weighted by Gasteiger charge is 2.78. The molecule has 1 aliphatic heterocycles. The Hall–Kier alpha value is -7.17. The van der Waals surface area contributed by atoms with Crippen molar-refractivity contribution >= 4 is 51.7 Å². The van der Waals surface area contributed by atoms with Gasteiger partial charge in [0.15, 0.2) is 29.9 Å². The number of pyridine rings is 1. The summed E-state index contributed by atoms with van der Waals surface area (Å²) in [6.07, 6.45) is -6.99. The number of hydrogen-bond acceptors (Lipinski definition) is 18. The first-order valence-corrected chi connectivity index (χ1v) is 26.0. The van der Waals surface area contributed by atoms with Gasteiger partial charge in [0.05, 0.1) is 39.7 Å². The fourth-order valence-corrected chi connectivity index (χ4v) is 11.2. The normalized spacial score (nSPS) is 28.0. The van der Waals surface area contributed by atoms with E-state index in [0.717, 1.165) is 13.8 Å². The minimum absolute atomic E-state index is 0.0345. The van der Waals surface area contributed by atoms with E-state index in [9.17, 15) is 34.2 Å². The maximum atomic E-state index is 15.7. The third-order valence-corrected chi connectivity index (χ3v) is 14.9. The van der Waals surface area contributed by atoms with Gasteiger partial charge in [0.25, 0.3) is 5.91 Å². The van der Waals surface area contributed by atoms with E-state index in [-0.39, 0.29) is 40.9 Å². The summed E-state index contributed by atoms with van der Waals surface area (Å²) in [5.74, 6) is -7.95. The van der Waals surface area contributed by atoms with E-state index in [1.807, 2.05) is 0 Å². The van der Waals surface area contributed by atoms with Crippen molar-refractivity contribution in [3.8, 4) is 0 Å². The SMILES string of the molecule is CC(=O)O[C@H]1C(=O)C2(C)C([C@H](OC(=O)c3ccccc3)[C@]3(O)C[C@H](OC(=O)[C@H](OC(=O)c4ccc[n+](C)c4)[C@H](NC(=O)c4ccccc4)c4ccccc4)C(C)=C1C3(C)C)[C@]1(OC(C)=O)CO[C@@H]1C[C@@H]2O.CS(=O)(=O)[O-]. The summed E-state index contributed by atoms with van der Waals surface area (Å²) in [7, 11) is -2.23. The summed E-state index contributed by atoms with van der Waals surface area (Å²) < 4.78 is 65.8. The molecular weight excluding hydrogens is 1010 g/mol. The van der Waals surface area contributed by atoms with Gasteiger partial charge in [-0.3, -0.25) is 19.2 Å². The van der Waals surface area contributed by atoms with Crippen LogP contribution < -0.4 is 9.88 Å². The van der Waals surface area contributed by atoms with Crippen LogP contribution in [0.25, 0.3) is 0 Å². The summed E-state index contributed by atoms with van der Waals surface area (Å²) in [5, 5.41) is 29.0. The van der Waals surface area contributed by atoms with E-state index >= 15 is 9.59 Å². The van der Waals surface area contributed by atoms with Crippen molar-refractivity contribution in [3.63, 3.8) is 0 Å². The molecule has 0 spiro atoms. The van der Waals surface area contributed by atoms with Gasteiger partial charge in [-0.1, -0.05) is 80.6 Å². The lowest BCUT2D eigenvalue weighted by atomic mass is 9.44. The fraction of sp³-hybridized carbons (Fsp3) is 0.418. The molecule has 3 aromatic carbocycles. The lowest BCUT2D eigenvalue weighted by Gasteiger charge is -2.67. The Balaban J connectivity index is 0.00000160. The molecule has 76 heavy (non-hydrogen) atoms. The second kappa shape index (κ2) is 21.8. The van der Waals surface area contributed by atoms with Gasteiger partial charge in [-0.05, 0) is 60.9 Å². The van der Waals surface area contributed by atoms with Crippen LogP contribution in [0.15, 0.2) is 127 Å². The topological polar surface area (TPSA) is 288 Å². The van der Waals surface area contributed by atoms with Gasteiger partial charge >= 0.3 is 29.8 Å². The van der Waals surface area contributed by atoms with Gasteiger partial charge in [0, 0.05) is 50.0 Å². The van der Waals surface area contributed by atoms with Crippen LogP contribution in [0.5, 0.6) is 0 Å². The molecule has 11 atom stereocenters. The number of esters is 5. The molecule has 3 aliphatic carbocycles. The largest absolute Gasteiger partial charge is 0.748 e. The van der Waals surface area contributed by atoms with Gasteiger partial charge in [-0.2, -0.15) is 0 Å². The number of nitrogens with zero attached hydrogens (tertiary/aromatic N) is 1. The minimum atomic E-state index is -3.92. The number of Topliss-reactive ketones (excluding diaryl/α,β-unsaturated/α-hetero) is 1. The van der Waals surface area contributed by atoms with Crippen molar-refractivity contribution < 1.29 is 89.7 Å². The second-order valence-corrected chi connectivity index (χ2v) is 21.6. The molecule has 1 saturated heterocycles. The molecule has 21 heteroatoms. The standard InChI is InChI=1S/C54H56N2O15.CH4O3S/c1-30-37(68-50(64)43(69-49(63)36-24-17-25-56(7)28-36)41(33-18-11-8-12-19-33)55-47(61)34-20-13-9-14-21-34)27-54(65)46(70-48(62)35-22-15-10-16-23-35)44-52(6,38(59)26-39-53(44,29-66-39)71-32(3)58)45(60)42(67-31(2)57)40(30)51(54,4)5;1-5(2,3)4/h8-25,28,37-39,41-44,46,59,65H,26-27,29H2,1-7H3;1H3,(H,2,3,4)/t37-,38-,39+,41+,42+,43+,44?,46-,52?,53-,54+;/m0./s1. The predicted octanol–water partition coefficient (Wildman–Crippen LogP) is 3.59. The number of aliphatic hydroxyl groups is 2. The van der Waals surface area contributed by atoms with E-state index in [4.69, 9.17) is 41.4 Å². The van der Waals surface area contributed by atoms with Crippen molar-refractivity contribution in [2.75, 3.05) is 12.9 Å². The molecule has 1 amide bonds. The first-order chi connectivity index (χ1) is 35.6. The zero-order valence-electron chi connectivity index (χ0n) is 43.0. The summed E-state index contributed by atoms with van der Waals surface area (Å²) >= 11 is 0. The Morgan fingerprint density at radius 1 is 0.816 bits per heavy atom. The lowest BCUT2D eigenvalue weighted by molar-refractivity contribution is -0.671. The van der Waals surface area contributed by atoms with Crippen LogP contribution in [0.3, 0.4) is 0 Å². The number of amides is 1. The molecular formula is C55H60N2O18S. The first-order valence-electron chi connectivity index (χ1n) is 24.2. The highest BCUT2D eigenvalue weighted by molar-refractivity contribution is 7.84. The summed E-state index contributed by atoms with van der Waals surface area (Å²) in [6.45, 7) is 7.92. The maximum Gasteiger partial charge on any atom is 0.350 e. The molecule has 2 bridgehead atoms. The van der Waals surface area contributed by atoms with Crippen LogP contribution in [-0.2, 0) is 64.8 Å². The van der Waals surface area contributed by atoms with Gasteiger partial charge in [0.2, 0.25) is 6.10 Å². The van der Waals surface area contributed by atoms with Gasteiger partial charge < -0.3 is 48.5 Å². The number of ketones is 1. The molecule has 1 aromatic heterocycles. The van der Waals surface area contributed by atoms with Crippen LogP contribution in [0.1, 0.15) is 97.1 Å². The average Bonchev–Trinajstić information content (AvgIpc) is 3.36. The number of carbonyl (C=O) groups excluding carboxylic acids is 7. The number of aliphatic hydroxyl groups excluding tert-OH is 1. The molecule has 2 heterocycles. The molecule has 3 fully saturated rings. The average molecular weight is 1070 g/mol. The number of benzene rings is 3. The van der Waals surface area contributed by atoms with Gasteiger partial charge in [-0.15, -0.1) is 0 Å². The Kier molecular flexibility index (Phi) is 16.2. The number of ether oxygens (including phenoxy) is 6. The second-order valence-electron chi connectivity index (χ2n) is 20.2. The zero-order chi connectivity index (χ0) is 55.7. The quantitative estimate of drug-likeness (QED) is 0.0601. The third-order valence-electron chi connectivity index (χ3n) is 14.9. The number of fused-ring (bicyclic) bond motifs is 5. The van der Waals surface area contributed by atoms with Crippen molar-refractivity contribution in [1.29, 1.82) is 0 Å². The highest BCUT2D eigenvalue weighted by Crippen LogP contribution is 2.64. The van der Waals surface area contributed by atoms with Crippen molar-refractivity contribution in [1.82, 2.24) is 5.32 Å². The molecule has 404 valence electrons. The number of rotatable bonds is 12. The Bertz CT molecular complexity index is 3030. The van der Waals surface area contributed by atoms with E-state index in [2.05, 4.69) is 5.32 Å². The molecule has 2 unspecified atom stereocenters. The Morgan fingerprint density at radius 3 is 1.92 bits per heavy atom. The monoisotopic (exact) mass is 1070 g/mol. The Labute approximate surface area is 439 Å². The van der Waals surface area contributed by atoms with Crippen LogP contribution in [-0.4, -0.2) is 125 Å². The van der Waals surface area contributed by atoms with Crippen LogP contribution in [0.2, 0.25) is 0 Å².